The summed E-state index contributed by atoms with van der Waals surface area (Å²) < 4.78 is 19.4. The molecule has 2 rings (SSSR count). The molecule has 1 saturated heterocycles. The van der Waals surface area contributed by atoms with Crippen LogP contribution >= 0.6 is 11.6 Å². The molecule has 1 aliphatic rings. The molecule has 1 aromatic rings. The van der Waals surface area contributed by atoms with Crippen LogP contribution in [0.15, 0.2) is 18.2 Å². The van der Waals surface area contributed by atoms with Crippen LogP contribution in [0.3, 0.4) is 0 Å². The van der Waals surface area contributed by atoms with Crippen LogP contribution in [0.1, 0.15) is 25.3 Å². The third kappa shape index (κ3) is 3.20. The Morgan fingerprint density at radius 2 is 2.33 bits per heavy atom. The SMILES string of the molecule is CC1CCC(C(Cc2cc(Cl)ccc2F)NN)O1. The highest BCUT2D eigenvalue weighted by Gasteiger charge is 2.29. The first-order valence-electron chi connectivity index (χ1n) is 6.15. The van der Waals surface area contributed by atoms with Gasteiger partial charge in [-0.1, -0.05) is 11.6 Å². The van der Waals surface area contributed by atoms with E-state index >= 15 is 0 Å². The average molecular weight is 273 g/mol. The van der Waals surface area contributed by atoms with Gasteiger partial charge in [-0.3, -0.25) is 11.3 Å². The second-order valence-corrected chi connectivity index (χ2v) is 5.21. The molecular weight excluding hydrogens is 255 g/mol. The van der Waals surface area contributed by atoms with Crippen molar-refractivity contribution in [1.82, 2.24) is 5.43 Å². The van der Waals surface area contributed by atoms with Crippen molar-refractivity contribution in [1.29, 1.82) is 0 Å². The summed E-state index contributed by atoms with van der Waals surface area (Å²) in [5.41, 5.74) is 3.29. The summed E-state index contributed by atoms with van der Waals surface area (Å²) in [6.45, 7) is 2.04. The van der Waals surface area contributed by atoms with Crippen LogP contribution in [0, 0.1) is 5.82 Å². The van der Waals surface area contributed by atoms with E-state index in [0.717, 1.165) is 12.8 Å². The van der Waals surface area contributed by atoms with Crippen molar-refractivity contribution in [2.45, 2.75) is 44.4 Å². The minimum Gasteiger partial charge on any atom is -0.374 e. The molecule has 0 saturated carbocycles. The quantitative estimate of drug-likeness (QED) is 0.654. The Balaban J connectivity index is 2.08. The number of rotatable bonds is 4. The maximum absolute atomic E-state index is 13.7. The number of nitrogens with two attached hydrogens (primary N) is 1. The number of benzene rings is 1. The average Bonchev–Trinajstić information content (AvgIpc) is 2.77. The van der Waals surface area contributed by atoms with Gasteiger partial charge in [0.05, 0.1) is 18.2 Å². The number of hydrogen-bond acceptors (Lipinski definition) is 3. The van der Waals surface area contributed by atoms with Crippen molar-refractivity contribution < 1.29 is 9.13 Å². The lowest BCUT2D eigenvalue weighted by Crippen LogP contribution is -2.45. The summed E-state index contributed by atoms with van der Waals surface area (Å²) in [5.74, 6) is 5.29. The molecule has 3 N–H and O–H groups in total. The molecule has 0 amide bonds. The largest absolute Gasteiger partial charge is 0.374 e. The van der Waals surface area contributed by atoms with Crippen LogP contribution in [0.5, 0.6) is 0 Å². The Morgan fingerprint density at radius 3 is 2.94 bits per heavy atom. The van der Waals surface area contributed by atoms with Crippen molar-refractivity contribution in [3.63, 3.8) is 0 Å². The Labute approximate surface area is 111 Å². The smallest absolute Gasteiger partial charge is 0.126 e. The summed E-state index contributed by atoms with van der Waals surface area (Å²) in [4.78, 5) is 0. The lowest BCUT2D eigenvalue weighted by molar-refractivity contribution is 0.0319. The molecule has 100 valence electrons. The molecule has 18 heavy (non-hydrogen) atoms. The van der Waals surface area contributed by atoms with Gasteiger partial charge in [0.15, 0.2) is 0 Å². The zero-order valence-corrected chi connectivity index (χ0v) is 11.1. The molecule has 0 spiro atoms. The minimum absolute atomic E-state index is 0.0309. The van der Waals surface area contributed by atoms with E-state index in [1.54, 1.807) is 12.1 Å². The molecular formula is C13H18ClFN2O. The second kappa shape index (κ2) is 5.97. The molecule has 1 aromatic carbocycles. The molecule has 0 aromatic heterocycles. The van der Waals surface area contributed by atoms with Crippen molar-refractivity contribution in [3.05, 3.63) is 34.6 Å². The minimum atomic E-state index is -0.259. The molecule has 0 bridgehead atoms. The number of hydrogen-bond donors (Lipinski definition) is 2. The van der Waals surface area contributed by atoms with E-state index in [2.05, 4.69) is 5.43 Å². The second-order valence-electron chi connectivity index (χ2n) is 4.78. The fraction of sp³-hybridized carbons (Fsp3) is 0.538. The maximum Gasteiger partial charge on any atom is 0.126 e. The lowest BCUT2D eigenvalue weighted by atomic mass is 9.99. The highest BCUT2D eigenvalue weighted by molar-refractivity contribution is 6.30. The van der Waals surface area contributed by atoms with Gasteiger partial charge in [0.1, 0.15) is 5.82 Å². The first-order chi connectivity index (χ1) is 8.60. The van der Waals surface area contributed by atoms with Gasteiger partial charge in [-0.2, -0.15) is 0 Å². The van der Waals surface area contributed by atoms with E-state index < -0.39 is 0 Å². The number of halogens is 2. The van der Waals surface area contributed by atoms with Crippen LogP contribution in [0.2, 0.25) is 5.02 Å². The topological polar surface area (TPSA) is 47.3 Å². The molecule has 1 fully saturated rings. The number of nitrogens with one attached hydrogen (secondary N) is 1. The zero-order valence-electron chi connectivity index (χ0n) is 10.3. The van der Waals surface area contributed by atoms with Crippen LogP contribution < -0.4 is 11.3 Å². The van der Waals surface area contributed by atoms with Crippen LogP contribution in [-0.2, 0) is 11.2 Å². The van der Waals surface area contributed by atoms with Gasteiger partial charge in [0.25, 0.3) is 0 Å². The Hall–Kier alpha value is -0.680. The predicted octanol–water partition coefficient (Wildman–Crippen LogP) is 2.42. The van der Waals surface area contributed by atoms with Crippen molar-refractivity contribution >= 4 is 11.6 Å². The molecule has 1 heterocycles. The molecule has 3 nitrogen and oxygen atoms in total. The molecule has 5 heteroatoms. The first-order valence-corrected chi connectivity index (χ1v) is 6.53. The van der Waals surface area contributed by atoms with E-state index in [1.807, 2.05) is 6.92 Å². The lowest BCUT2D eigenvalue weighted by Gasteiger charge is -2.23. The molecule has 0 aliphatic carbocycles. The highest BCUT2D eigenvalue weighted by atomic mass is 35.5. The standard InChI is InChI=1S/C13H18ClFN2O/c1-8-2-5-13(18-8)12(17-16)7-9-6-10(14)3-4-11(9)15/h3-4,6,8,12-13,17H,2,5,7,16H2,1H3. The monoisotopic (exact) mass is 272 g/mol. The third-order valence-corrected chi connectivity index (χ3v) is 3.61. The van der Waals surface area contributed by atoms with E-state index in [0.29, 0.717) is 17.0 Å². The van der Waals surface area contributed by atoms with Crippen LogP contribution in [0.4, 0.5) is 4.39 Å². The van der Waals surface area contributed by atoms with Gasteiger partial charge in [-0.05, 0) is 49.9 Å². The van der Waals surface area contributed by atoms with E-state index in [-0.39, 0.29) is 24.1 Å². The summed E-state index contributed by atoms with van der Waals surface area (Å²) >= 11 is 5.88. The highest BCUT2D eigenvalue weighted by Crippen LogP contribution is 2.24. The Kier molecular flexibility index (Phi) is 4.56. The van der Waals surface area contributed by atoms with Gasteiger partial charge < -0.3 is 4.74 Å². The molecule has 3 atom stereocenters. The van der Waals surface area contributed by atoms with Crippen molar-refractivity contribution in [2.75, 3.05) is 0 Å². The summed E-state index contributed by atoms with van der Waals surface area (Å²) in [7, 11) is 0. The van der Waals surface area contributed by atoms with Crippen molar-refractivity contribution in [2.24, 2.45) is 5.84 Å². The third-order valence-electron chi connectivity index (χ3n) is 3.38. The van der Waals surface area contributed by atoms with Crippen LogP contribution in [-0.4, -0.2) is 18.2 Å². The van der Waals surface area contributed by atoms with Gasteiger partial charge in [-0.25, -0.2) is 4.39 Å². The van der Waals surface area contributed by atoms with E-state index in [1.165, 1.54) is 6.07 Å². The molecule has 0 radical (unpaired) electrons. The predicted molar refractivity (Wildman–Crippen MR) is 69.8 cm³/mol. The normalized spacial score (nSPS) is 25.3. The first kappa shape index (κ1) is 13.7. The van der Waals surface area contributed by atoms with E-state index in [9.17, 15) is 4.39 Å². The number of hydrazine groups is 1. The van der Waals surface area contributed by atoms with Crippen LogP contribution in [0.25, 0.3) is 0 Å². The van der Waals surface area contributed by atoms with E-state index in [4.69, 9.17) is 22.2 Å². The maximum atomic E-state index is 13.7. The van der Waals surface area contributed by atoms with Gasteiger partial charge in [0.2, 0.25) is 0 Å². The Morgan fingerprint density at radius 1 is 1.56 bits per heavy atom. The number of ether oxygens (including phenoxy) is 1. The van der Waals surface area contributed by atoms with Gasteiger partial charge in [0, 0.05) is 5.02 Å². The molecule has 3 unspecified atom stereocenters. The van der Waals surface area contributed by atoms with Gasteiger partial charge >= 0.3 is 0 Å². The fourth-order valence-corrected chi connectivity index (χ4v) is 2.56. The zero-order chi connectivity index (χ0) is 13.1. The Bertz CT molecular complexity index is 416. The summed E-state index contributed by atoms with van der Waals surface area (Å²) in [5, 5.41) is 0.530. The van der Waals surface area contributed by atoms with Crippen molar-refractivity contribution in [3.8, 4) is 0 Å². The summed E-state index contributed by atoms with van der Waals surface area (Å²) in [6.07, 6.45) is 2.71. The molecule has 1 aliphatic heterocycles. The fourth-order valence-electron chi connectivity index (χ4n) is 2.36. The van der Waals surface area contributed by atoms with Gasteiger partial charge in [-0.15, -0.1) is 0 Å². The summed E-state index contributed by atoms with van der Waals surface area (Å²) in [6, 6.07) is 4.46.